The fourth-order valence-electron chi connectivity index (χ4n) is 8.40. The lowest BCUT2D eigenvalue weighted by Crippen LogP contribution is -2.17. The van der Waals surface area contributed by atoms with E-state index >= 15 is 0 Å². The Bertz CT molecular complexity index is 2750. The van der Waals surface area contributed by atoms with Gasteiger partial charge in [-0.3, -0.25) is 0 Å². The van der Waals surface area contributed by atoms with Crippen LogP contribution < -0.4 is 4.90 Å². The van der Waals surface area contributed by atoms with Crippen LogP contribution in [0.2, 0.25) is 0 Å². The van der Waals surface area contributed by atoms with Crippen molar-refractivity contribution in [2.75, 3.05) is 4.90 Å². The lowest BCUT2D eigenvalue weighted by molar-refractivity contribution is 0.657. The number of para-hydroxylation sites is 1. The molecule has 0 N–H and O–H groups in total. The van der Waals surface area contributed by atoms with Crippen molar-refractivity contribution < 1.29 is 4.42 Å². The van der Waals surface area contributed by atoms with Crippen molar-refractivity contribution in [1.82, 2.24) is 0 Å². The van der Waals surface area contributed by atoms with Crippen LogP contribution >= 0.6 is 0 Å². The molecule has 0 unspecified atom stereocenters. The minimum absolute atomic E-state index is 0.228. The molecule has 10 rings (SSSR count). The van der Waals surface area contributed by atoms with E-state index in [1.807, 2.05) is 6.07 Å². The predicted octanol–water partition coefficient (Wildman–Crippen LogP) is 13.8. The first kappa shape index (κ1) is 29.5. The van der Waals surface area contributed by atoms with Gasteiger partial charge in [-0.15, -0.1) is 0 Å². The van der Waals surface area contributed by atoms with Crippen molar-refractivity contribution in [3.05, 3.63) is 187 Å². The smallest absolute Gasteiger partial charge is 0.135 e. The summed E-state index contributed by atoms with van der Waals surface area (Å²) in [6.07, 6.45) is 0. The molecule has 9 aromatic rings. The quantitative estimate of drug-likeness (QED) is 0.184. The Morgan fingerprint density at radius 2 is 1.04 bits per heavy atom. The van der Waals surface area contributed by atoms with E-state index in [9.17, 15) is 0 Å². The Hall–Kier alpha value is -6.38. The lowest BCUT2D eigenvalue weighted by Gasteiger charge is -2.28. The summed E-state index contributed by atoms with van der Waals surface area (Å²) < 4.78 is 6.35. The number of anilines is 3. The van der Waals surface area contributed by atoms with Crippen LogP contribution in [0.15, 0.2) is 180 Å². The molecule has 1 aromatic heterocycles. The maximum atomic E-state index is 6.35. The van der Waals surface area contributed by atoms with E-state index in [0.717, 1.165) is 28.2 Å². The van der Waals surface area contributed by atoms with Gasteiger partial charge in [-0.05, 0) is 104 Å². The summed E-state index contributed by atoms with van der Waals surface area (Å²) in [7, 11) is 0. The molecular weight excluding hydrogens is 619 g/mol. The van der Waals surface area contributed by atoms with E-state index in [-0.39, 0.29) is 5.41 Å². The zero-order chi connectivity index (χ0) is 34.1. The second kappa shape index (κ2) is 11.3. The van der Waals surface area contributed by atoms with Gasteiger partial charge >= 0.3 is 0 Å². The summed E-state index contributed by atoms with van der Waals surface area (Å²) in [5.41, 5.74) is 15.1. The minimum atomic E-state index is -0.228. The molecule has 8 aromatic carbocycles. The molecule has 0 saturated heterocycles. The predicted molar refractivity (Wildman–Crippen MR) is 214 cm³/mol. The molecular formula is C49H35NO. The molecule has 1 aliphatic rings. The Morgan fingerprint density at radius 1 is 0.431 bits per heavy atom. The molecule has 51 heavy (non-hydrogen) atoms. The molecule has 0 aliphatic heterocycles. The van der Waals surface area contributed by atoms with E-state index in [0.29, 0.717) is 0 Å². The largest absolute Gasteiger partial charge is 0.456 e. The maximum Gasteiger partial charge on any atom is 0.135 e. The van der Waals surface area contributed by atoms with Gasteiger partial charge in [0.05, 0.1) is 0 Å². The van der Waals surface area contributed by atoms with Crippen molar-refractivity contribution in [2.45, 2.75) is 19.3 Å². The number of nitrogens with zero attached hydrogens (tertiary/aromatic N) is 1. The van der Waals surface area contributed by atoms with Crippen LogP contribution in [-0.2, 0) is 5.41 Å². The zero-order valence-electron chi connectivity index (χ0n) is 28.6. The average molecular weight is 654 g/mol. The van der Waals surface area contributed by atoms with Crippen molar-refractivity contribution in [3.63, 3.8) is 0 Å². The van der Waals surface area contributed by atoms with Gasteiger partial charge in [0.15, 0.2) is 0 Å². The molecule has 0 radical (unpaired) electrons. The number of hydrogen-bond donors (Lipinski definition) is 0. The van der Waals surface area contributed by atoms with Gasteiger partial charge in [-0.1, -0.05) is 141 Å². The fourth-order valence-corrected chi connectivity index (χ4v) is 8.40. The summed E-state index contributed by atoms with van der Waals surface area (Å²) in [6.45, 7) is 4.72. The van der Waals surface area contributed by atoms with Gasteiger partial charge < -0.3 is 9.32 Å². The van der Waals surface area contributed by atoms with E-state index in [2.05, 4.69) is 189 Å². The first-order valence-electron chi connectivity index (χ1n) is 17.7. The number of benzene rings is 8. The molecule has 0 spiro atoms. The van der Waals surface area contributed by atoms with Crippen LogP contribution in [0.1, 0.15) is 25.0 Å². The van der Waals surface area contributed by atoms with E-state index in [1.54, 1.807) is 0 Å². The first-order chi connectivity index (χ1) is 25.0. The van der Waals surface area contributed by atoms with Crippen molar-refractivity contribution in [2.24, 2.45) is 0 Å². The Labute approximate surface area is 297 Å². The monoisotopic (exact) mass is 653 g/mol. The van der Waals surface area contributed by atoms with Gasteiger partial charge in [0.2, 0.25) is 0 Å². The van der Waals surface area contributed by atoms with Gasteiger partial charge in [-0.25, -0.2) is 0 Å². The third-order valence-electron chi connectivity index (χ3n) is 10.9. The molecule has 0 saturated carbocycles. The molecule has 0 bridgehead atoms. The average Bonchev–Trinajstić information content (AvgIpc) is 3.67. The third-order valence-corrected chi connectivity index (χ3v) is 10.9. The normalized spacial score (nSPS) is 13.1. The van der Waals surface area contributed by atoms with Gasteiger partial charge in [0, 0.05) is 33.2 Å². The van der Waals surface area contributed by atoms with Crippen LogP contribution in [0.3, 0.4) is 0 Å². The second-order valence-electron chi connectivity index (χ2n) is 14.1. The van der Waals surface area contributed by atoms with E-state index < -0.39 is 0 Å². The molecule has 2 heteroatoms. The SMILES string of the molecule is CC1(C)c2cc(N(c3ccc(-c4ccccc4)cc3)c3ccc(-c4cccc5ccccc45)cc3)ccc2-c2ccc3oc4ccccc4c3c21. The van der Waals surface area contributed by atoms with Crippen LogP contribution in [-0.4, -0.2) is 0 Å². The Morgan fingerprint density at radius 3 is 1.82 bits per heavy atom. The molecule has 1 heterocycles. The number of rotatable bonds is 5. The molecule has 242 valence electrons. The summed E-state index contributed by atoms with van der Waals surface area (Å²) in [5, 5.41) is 4.92. The van der Waals surface area contributed by atoms with Crippen LogP contribution in [0, 0.1) is 0 Å². The zero-order valence-corrected chi connectivity index (χ0v) is 28.6. The highest BCUT2D eigenvalue weighted by Gasteiger charge is 2.38. The standard InChI is InChI=1S/C49H35NO/c1-49(2)44-31-38(27-28-41(44)42-29-30-46-47(48(42)49)43-16-8-9-18-45(43)51-46)50(36-23-19-33(20-24-36)32-11-4-3-5-12-32)37-25-21-35(22-26-37)40-17-10-14-34-13-6-7-15-39(34)40/h3-31H,1-2H3. The molecule has 0 atom stereocenters. The second-order valence-corrected chi connectivity index (χ2v) is 14.1. The lowest BCUT2D eigenvalue weighted by atomic mass is 9.80. The first-order valence-corrected chi connectivity index (χ1v) is 17.7. The fraction of sp³-hybridized carbons (Fsp3) is 0.0612. The van der Waals surface area contributed by atoms with Gasteiger partial charge in [0.1, 0.15) is 11.2 Å². The Kier molecular flexibility index (Phi) is 6.56. The third kappa shape index (κ3) is 4.64. The summed E-state index contributed by atoms with van der Waals surface area (Å²) >= 11 is 0. The number of furan rings is 1. The topological polar surface area (TPSA) is 16.4 Å². The van der Waals surface area contributed by atoms with Crippen LogP contribution in [0.5, 0.6) is 0 Å². The maximum absolute atomic E-state index is 6.35. The Balaban J connectivity index is 1.11. The molecule has 1 aliphatic carbocycles. The van der Waals surface area contributed by atoms with Crippen LogP contribution in [0.4, 0.5) is 17.1 Å². The minimum Gasteiger partial charge on any atom is -0.456 e. The summed E-state index contributed by atoms with van der Waals surface area (Å²) in [5.74, 6) is 0. The summed E-state index contributed by atoms with van der Waals surface area (Å²) in [4.78, 5) is 2.39. The molecule has 2 nitrogen and oxygen atoms in total. The highest BCUT2D eigenvalue weighted by Crippen LogP contribution is 2.54. The number of fused-ring (bicyclic) bond motifs is 8. The van der Waals surface area contributed by atoms with Crippen LogP contribution in [0.25, 0.3) is 66.1 Å². The molecule has 0 fully saturated rings. The van der Waals surface area contributed by atoms with E-state index in [4.69, 9.17) is 4.42 Å². The number of hydrogen-bond acceptors (Lipinski definition) is 2. The van der Waals surface area contributed by atoms with E-state index in [1.165, 1.54) is 66.1 Å². The summed E-state index contributed by atoms with van der Waals surface area (Å²) in [6, 6.07) is 63.6. The van der Waals surface area contributed by atoms with Crippen molar-refractivity contribution >= 4 is 49.8 Å². The van der Waals surface area contributed by atoms with Gasteiger partial charge in [-0.2, -0.15) is 0 Å². The highest BCUT2D eigenvalue weighted by molar-refractivity contribution is 6.11. The van der Waals surface area contributed by atoms with Crippen molar-refractivity contribution in [3.8, 4) is 33.4 Å². The molecule has 0 amide bonds. The highest BCUT2D eigenvalue weighted by atomic mass is 16.3. The van der Waals surface area contributed by atoms with Gasteiger partial charge in [0.25, 0.3) is 0 Å². The van der Waals surface area contributed by atoms with Crippen molar-refractivity contribution in [1.29, 1.82) is 0 Å².